The summed E-state index contributed by atoms with van der Waals surface area (Å²) in [5, 5.41) is 7.59. The van der Waals surface area contributed by atoms with Gasteiger partial charge in [0.2, 0.25) is 0 Å². The summed E-state index contributed by atoms with van der Waals surface area (Å²) in [4.78, 5) is 11.7. The number of nitrogens with one attached hydrogen (secondary N) is 2. The van der Waals surface area contributed by atoms with Crippen LogP contribution in [0.25, 0.3) is 0 Å². The lowest BCUT2D eigenvalue weighted by atomic mass is 10.2. The summed E-state index contributed by atoms with van der Waals surface area (Å²) in [6.07, 6.45) is 1.59. The van der Waals surface area contributed by atoms with Crippen molar-refractivity contribution < 1.29 is 4.79 Å². The average Bonchev–Trinajstić information content (AvgIpc) is 2.52. The van der Waals surface area contributed by atoms with Gasteiger partial charge in [0.15, 0.2) is 0 Å². The maximum Gasteiger partial charge on any atom is 0.259 e. The quantitative estimate of drug-likeness (QED) is 0.502. The standard InChI is InChI=1S/C16H14Br2ClN3O/c1-10-14(17)6-11(7-15(10)18)8-21-22-16(23)9-20-13-4-2-12(19)3-5-13/h2-8,20H,9H2,1H3,(H,22,23)/b21-8+. The number of benzene rings is 2. The largest absolute Gasteiger partial charge is 0.376 e. The maximum atomic E-state index is 11.7. The minimum Gasteiger partial charge on any atom is -0.376 e. The number of hydrogen-bond donors (Lipinski definition) is 2. The van der Waals surface area contributed by atoms with Crippen molar-refractivity contribution in [1.82, 2.24) is 5.43 Å². The zero-order chi connectivity index (χ0) is 16.8. The molecule has 0 fully saturated rings. The van der Waals surface area contributed by atoms with E-state index < -0.39 is 0 Å². The molecule has 120 valence electrons. The molecule has 7 heteroatoms. The van der Waals surface area contributed by atoms with Crippen LogP contribution in [0.4, 0.5) is 5.69 Å². The number of amides is 1. The van der Waals surface area contributed by atoms with Crippen molar-refractivity contribution in [2.24, 2.45) is 5.10 Å². The highest BCUT2D eigenvalue weighted by atomic mass is 79.9. The smallest absolute Gasteiger partial charge is 0.259 e. The van der Waals surface area contributed by atoms with Crippen LogP contribution >= 0.6 is 43.5 Å². The lowest BCUT2D eigenvalue weighted by Crippen LogP contribution is -2.25. The van der Waals surface area contributed by atoms with Gasteiger partial charge in [-0.15, -0.1) is 0 Å². The Morgan fingerprint density at radius 1 is 1.22 bits per heavy atom. The number of carbonyl (C=O) groups is 1. The zero-order valence-corrected chi connectivity index (χ0v) is 16.2. The first-order valence-electron chi connectivity index (χ1n) is 6.72. The second-order valence-corrected chi connectivity index (χ2v) is 6.91. The fourth-order valence-corrected chi connectivity index (χ4v) is 3.06. The van der Waals surface area contributed by atoms with Gasteiger partial charge in [0.1, 0.15) is 0 Å². The fraction of sp³-hybridized carbons (Fsp3) is 0.125. The minimum atomic E-state index is -0.235. The van der Waals surface area contributed by atoms with Crippen LogP contribution in [0.5, 0.6) is 0 Å². The lowest BCUT2D eigenvalue weighted by molar-refractivity contribution is -0.119. The minimum absolute atomic E-state index is 0.125. The van der Waals surface area contributed by atoms with Gasteiger partial charge in [-0.2, -0.15) is 5.10 Å². The first-order chi connectivity index (χ1) is 11.0. The molecule has 0 atom stereocenters. The molecule has 2 aromatic carbocycles. The van der Waals surface area contributed by atoms with Gasteiger partial charge in [0.05, 0.1) is 12.8 Å². The van der Waals surface area contributed by atoms with Crippen LogP contribution in [0, 0.1) is 6.92 Å². The van der Waals surface area contributed by atoms with E-state index in [0.29, 0.717) is 5.02 Å². The summed E-state index contributed by atoms with van der Waals surface area (Å²) in [6.45, 7) is 2.12. The zero-order valence-electron chi connectivity index (χ0n) is 12.2. The van der Waals surface area contributed by atoms with Crippen LogP contribution in [0.3, 0.4) is 0 Å². The van der Waals surface area contributed by atoms with E-state index in [0.717, 1.165) is 25.8 Å². The lowest BCUT2D eigenvalue weighted by Gasteiger charge is -2.05. The van der Waals surface area contributed by atoms with Crippen LogP contribution in [0.15, 0.2) is 50.4 Å². The van der Waals surface area contributed by atoms with Gasteiger partial charge in [-0.1, -0.05) is 43.5 Å². The predicted molar refractivity (Wildman–Crippen MR) is 102 cm³/mol. The summed E-state index contributed by atoms with van der Waals surface area (Å²) < 4.78 is 1.95. The van der Waals surface area contributed by atoms with Gasteiger partial charge in [-0.3, -0.25) is 4.79 Å². The average molecular weight is 460 g/mol. The summed E-state index contributed by atoms with van der Waals surface area (Å²) in [5.74, 6) is -0.235. The molecule has 0 saturated heterocycles. The maximum absolute atomic E-state index is 11.7. The molecule has 0 saturated carbocycles. The Labute approximate surface area is 156 Å². The van der Waals surface area contributed by atoms with Gasteiger partial charge >= 0.3 is 0 Å². The van der Waals surface area contributed by atoms with Crippen LogP contribution in [0.1, 0.15) is 11.1 Å². The van der Waals surface area contributed by atoms with E-state index in [2.05, 4.69) is 47.7 Å². The molecule has 0 radical (unpaired) electrons. The highest BCUT2D eigenvalue weighted by Crippen LogP contribution is 2.25. The molecule has 0 aliphatic rings. The summed E-state index contributed by atoms with van der Waals surface area (Å²) in [7, 11) is 0. The molecular weight excluding hydrogens is 445 g/mol. The van der Waals surface area contributed by atoms with Gasteiger partial charge in [0, 0.05) is 19.7 Å². The van der Waals surface area contributed by atoms with Crippen LogP contribution in [-0.4, -0.2) is 18.7 Å². The molecule has 23 heavy (non-hydrogen) atoms. The van der Waals surface area contributed by atoms with Crippen molar-refractivity contribution >= 4 is 61.3 Å². The second-order valence-electron chi connectivity index (χ2n) is 4.76. The van der Waals surface area contributed by atoms with E-state index >= 15 is 0 Å². The first-order valence-corrected chi connectivity index (χ1v) is 8.69. The van der Waals surface area contributed by atoms with E-state index in [4.69, 9.17) is 11.6 Å². The summed E-state index contributed by atoms with van der Waals surface area (Å²) in [5.41, 5.74) is 5.28. The molecule has 2 rings (SSSR count). The predicted octanol–water partition coefficient (Wildman–Crippen LogP) is 4.74. The van der Waals surface area contributed by atoms with Crippen LogP contribution in [0.2, 0.25) is 5.02 Å². The third-order valence-electron chi connectivity index (χ3n) is 3.00. The van der Waals surface area contributed by atoms with Crippen LogP contribution in [-0.2, 0) is 4.79 Å². The van der Waals surface area contributed by atoms with Crippen molar-refractivity contribution in [3.05, 3.63) is 61.5 Å². The van der Waals surface area contributed by atoms with E-state index in [-0.39, 0.29) is 12.5 Å². The number of hydrogen-bond acceptors (Lipinski definition) is 3. The Bertz CT molecular complexity index is 710. The number of hydrazone groups is 1. The van der Waals surface area contributed by atoms with Gasteiger partial charge in [-0.25, -0.2) is 5.43 Å². The topological polar surface area (TPSA) is 53.5 Å². The van der Waals surface area contributed by atoms with E-state index in [1.165, 1.54) is 0 Å². The summed E-state index contributed by atoms with van der Waals surface area (Å²) >= 11 is 12.8. The second kappa shape index (κ2) is 8.47. The van der Waals surface area contributed by atoms with Crippen molar-refractivity contribution in [3.8, 4) is 0 Å². The molecule has 2 N–H and O–H groups in total. The molecule has 4 nitrogen and oxygen atoms in total. The van der Waals surface area contributed by atoms with Crippen molar-refractivity contribution in [2.45, 2.75) is 6.92 Å². The highest BCUT2D eigenvalue weighted by molar-refractivity contribution is 9.11. The van der Waals surface area contributed by atoms with Gasteiger partial charge in [0.25, 0.3) is 5.91 Å². The van der Waals surface area contributed by atoms with Crippen molar-refractivity contribution in [2.75, 3.05) is 11.9 Å². The van der Waals surface area contributed by atoms with E-state index in [9.17, 15) is 4.79 Å². The highest BCUT2D eigenvalue weighted by Gasteiger charge is 2.02. The van der Waals surface area contributed by atoms with Crippen molar-refractivity contribution in [1.29, 1.82) is 0 Å². The Kier molecular flexibility index (Phi) is 6.62. The Hall–Kier alpha value is -1.37. The number of rotatable bonds is 5. The monoisotopic (exact) mass is 457 g/mol. The molecule has 0 bridgehead atoms. The Balaban J connectivity index is 1.85. The van der Waals surface area contributed by atoms with Gasteiger partial charge in [-0.05, 0) is 54.4 Å². The molecule has 0 aliphatic carbocycles. The molecule has 0 aliphatic heterocycles. The molecule has 0 heterocycles. The Morgan fingerprint density at radius 2 is 1.83 bits per heavy atom. The third-order valence-corrected chi connectivity index (χ3v) is 4.90. The number of anilines is 1. The van der Waals surface area contributed by atoms with Crippen LogP contribution < -0.4 is 10.7 Å². The van der Waals surface area contributed by atoms with E-state index in [1.54, 1.807) is 30.5 Å². The van der Waals surface area contributed by atoms with Crippen molar-refractivity contribution in [3.63, 3.8) is 0 Å². The molecule has 0 unspecified atom stereocenters. The first kappa shape index (κ1) is 18.0. The molecule has 2 aromatic rings. The molecule has 0 aromatic heterocycles. The molecule has 0 spiro atoms. The normalized spacial score (nSPS) is 10.8. The fourth-order valence-electron chi connectivity index (χ4n) is 1.71. The number of nitrogens with zero attached hydrogens (tertiary/aromatic N) is 1. The third kappa shape index (κ3) is 5.64. The molecular formula is C16H14Br2ClN3O. The summed E-state index contributed by atoms with van der Waals surface area (Å²) in [6, 6.07) is 11.0. The number of carbonyl (C=O) groups excluding carboxylic acids is 1. The SMILES string of the molecule is Cc1c(Br)cc(/C=N/NC(=O)CNc2ccc(Cl)cc2)cc1Br. The van der Waals surface area contributed by atoms with Gasteiger partial charge < -0.3 is 5.32 Å². The Morgan fingerprint density at radius 3 is 2.43 bits per heavy atom. The molecule has 1 amide bonds. The number of halogens is 3. The van der Waals surface area contributed by atoms with E-state index in [1.807, 2.05) is 19.1 Å².